The van der Waals surface area contributed by atoms with Crippen molar-refractivity contribution in [3.63, 3.8) is 0 Å². The zero-order valence-corrected chi connectivity index (χ0v) is 13.4. The normalized spacial score (nSPS) is 10.4. The van der Waals surface area contributed by atoms with E-state index in [0.29, 0.717) is 5.56 Å². The first kappa shape index (κ1) is 15.8. The minimum atomic E-state index is -0.521. The predicted molar refractivity (Wildman–Crippen MR) is 94.9 cm³/mol. The molecular formula is C21H18O3. The third kappa shape index (κ3) is 3.01. The van der Waals surface area contributed by atoms with Gasteiger partial charge >= 0.3 is 5.97 Å². The molecule has 0 radical (unpaired) electrons. The van der Waals surface area contributed by atoms with E-state index >= 15 is 0 Å². The molecule has 24 heavy (non-hydrogen) atoms. The van der Waals surface area contributed by atoms with Crippen LogP contribution in [-0.4, -0.2) is 17.7 Å². The molecule has 0 bridgehead atoms. The second-order valence-electron chi connectivity index (χ2n) is 5.34. The van der Waals surface area contributed by atoms with Crippen LogP contribution in [0, 0.1) is 0 Å². The number of hydrogen-bond acceptors (Lipinski definition) is 3. The summed E-state index contributed by atoms with van der Waals surface area (Å²) in [5.74, 6) is -0.576. The monoisotopic (exact) mass is 318 g/mol. The molecule has 0 saturated carbocycles. The predicted octanol–water partition coefficient (Wildman–Crippen LogP) is 4.90. The van der Waals surface area contributed by atoms with Crippen molar-refractivity contribution in [3.8, 4) is 28.0 Å². The van der Waals surface area contributed by atoms with Gasteiger partial charge in [0.15, 0.2) is 0 Å². The van der Waals surface area contributed by atoms with Crippen LogP contribution in [-0.2, 0) is 4.74 Å². The van der Waals surface area contributed by atoms with E-state index < -0.39 is 5.97 Å². The summed E-state index contributed by atoms with van der Waals surface area (Å²) in [4.78, 5) is 12.1. The molecule has 3 aromatic carbocycles. The molecule has 0 amide bonds. The minimum Gasteiger partial charge on any atom is -0.506 e. The van der Waals surface area contributed by atoms with E-state index in [9.17, 15) is 9.90 Å². The average Bonchev–Trinajstić information content (AvgIpc) is 2.63. The third-order valence-electron chi connectivity index (χ3n) is 3.82. The lowest BCUT2D eigenvalue weighted by atomic mass is 9.91. The summed E-state index contributed by atoms with van der Waals surface area (Å²) < 4.78 is 5.05. The molecule has 0 heterocycles. The number of hydrogen-bond donors (Lipinski definition) is 1. The Morgan fingerprint density at radius 1 is 0.875 bits per heavy atom. The average molecular weight is 318 g/mol. The quantitative estimate of drug-likeness (QED) is 0.696. The van der Waals surface area contributed by atoms with Gasteiger partial charge in [-0.25, -0.2) is 4.79 Å². The second-order valence-corrected chi connectivity index (χ2v) is 5.34. The van der Waals surface area contributed by atoms with Crippen LogP contribution in [0.3, 0.4) is 0 Å². The number of rotatable bonds is 4. The summed E-state index contributed by atoms with van der Waals surface area (Å²) in [5, 5.41) is 10.8. The Labute approximate surface area is 141 Å². The van der Waals surface area contributed by atoms with Crippen LogP contribution in [0.15, 0.2) is 72.8 Å². The fraction of sp³-hybridized carbons (Fsp3) is 0.0952. The molecule has 3 rings (SSSR count). The number of phenols is 1. The number of phenolic OH excluding ortho intramolecular Hbond substituents is 1. The van der Waals surface area contributed by atoms with Crippen molar-refractivity contribution in [2.45, 2.75) is 6.92 Å². The smallest absolute Gasteiger partial charge is 0.341 e. The fourth-order valence-electron chi connectivity index (χ4n) is 2.72. The van der Waals surface area contributed by atoms with Crippen LogP contribution in [0.4, 0.5) is 0 Å². The maximum Gasteiger partial charge on any atom is 0.341 e. The van der Waals surface area contributed by atoms with E-state index in [1.165, 1.54) is 0 Å². The number of aromatic hydroxyl groups is 1. The zero-order valence-electron chi connectivity index (χ0n) is 13.4. The fourth-order valence-corrected chi connectivity index (χ4v) is 2.72. The van der Waals surface area contributed by atoms with E-state index in [1.54, 1.807) is 13.0 Å². The summed E-state index contributed by atoms with van der Waals surface area (Å²) in [6.45, 7) is 2.00. The molecule has 3 aromatic rings. The molecule has 0 unspecified atom stereocenters. The van der Waals surface area contributed by atoms with Crippen LogP contribution in [0.1, 0.15) is 17.3 Å². The second kappa shape index (κ2) is 7.01. The Balaban J connectivity index is 2.24. The Morgan fingerprint density at radius 2 is 1.46 bits per heavy atom. The highest BCUT2D eigenvalue weighted by Gasteiger charge is 2.20. The van der Waals surface area contributed by atoms with Gasteiger partial charge in [-0.3, -0.25) is 0 Å². The molecule has 0 fully saturated rings. The highest BCUT2D eigenvalue weighted by molar-refractivity contribution is 5.99. The van der Waals surface area contributed by atoms with Gasteiger partial charge in [-0.1, -0.05) is 66.7 Å². The molecule has 3 heteroatoms. The molecular weight excluding hydrogens is 300 g/mol. The van der Waals surface area contributed by atoms with Crippen LogP contribution >= 0.6 is 0 Å². The summed E-state index contributed by atoms with van der Waals surface area (Å²) >= 11 is 0. The zero-order chi connectivity index (χ0) is 16.9. The Bertz CT molecular complexity index is 840. The molecule has 120 valence electrons. The van der Waals surface area contributed by atoms with Crippen molar-refractivity contribution in [1.29, 1.82) is 0 Å². The summed E-state index contributed by atoms with van der Waals surface area (Å²) in [6, 6.07) is 22.8. The van der Waals surface area contributed by atoms with E-state index in [-0.39, 0.29) is 17.9 Å². The van der Waals surface area contributed by atoms with Crippen LogP contribution in [0.25, 0.3) is 22.3 Å². The van der Waals surface area contributed by atoms with E-state index in [4.69, 9.17) is 4.74 Å². The topological polar surface area (TPSA) is 46.5 Å². The number of carbonyl (C=O) groups is 1. The van der Waals surface area contributed by atoms with Crippen molar-refractivity contribution in [3.05, 3.63) is 78.4 Å². The lowest BCUT2D eigenvalue weighted by Gasteiger charge is -2.15. The minimum absolute atomic E-state index is 0.0546. The van der Waals surface area contributed by atoms with Crippen molar-refractivity contribution in [2.24, 2.45) is 0 Å². The molecule has 0 aliphatic carbocycles. The van der Waals surface area contributed by atoms with Gasteiger partial charge in [0.2, 0.25) is 0 Å². The van der Waals surface area contributed by atoms with Crippen molar-refractivity contribution >= 4 is 5.97 Å². The van der Waals surface area contributed by atoms with Crippen LogP contribution in [0.2, 0.25) is 0 Å². The van der Waals surface area contributed by atoms with Gasteiger partial charge in [-0.15, -0.1) is 0 Å². The molecule has 0 aromatic heterocycles. The first-order valence-corrected chi connectivity index (χ1v) is 7.86. The Kier molecular flexibility index (Phi) is 4.62. The first-order valence-electron chi connectivity index (χ1n) is 7.86. The van der Waals surface area contributed by atoms with Gasteiger partial charge in [0, 0.05) is 5.56 Å². The highest BCUT2D eigenvalue weighted by atomic mass is 16.5. The van der Waals surface area contributed by atoms with Crippen molar-refractivity contribution in [2.75, 3.05) is 6.61 Å². The number of esters is 1. The van der Waals surface area contributed by atoms with Crippen molar-refractivity contribution in [1.82, 2.24) is 0 Å². The van der Waals surface area contributed by atoms with Gasteiger partial charge in [0.25, 0.3) is 0 Å². The van der Waals surface area contributed by atoms with Crippen LogP contribution in [0.5, 0.6) is 5.75 Å². The largest absolute Gasteiger partial charge is 0.506 e. The summed E-state index contributed by atoms with van der Waals surface area (Å²) in [5.41, 5.74) is 3.50. The molecule has 0 spiro atoms. The number of benzene rings is 3. The standard InChI is InChI=1S/C21H18O3/c1-2-24-21(23)18-14-13-17(15-9-5-3-6-10-15)19(20(18)22)16-11-7-4-8-12-16/h3-14,22H,2H2,1H3. The number of ether oxygens (including phenoxy) is 1. The van der Waals surface area contributed by atoms with E-state index in [2.05, 4.69) is 0 Å². The number of carbonyl (C=O) groups excluding carboxylic acids is 1. The Morgan fingerprint density at radius 3 is 2.04 bits per heavy atom. The third-order valence-corrected chi connectivity index (χ3v) is 3.82. The maximum absolute atomic E-state index is 12.1. The van der Waals surface area contributed by atoms with E-state index in [0.717, 1.165) is 16.7 Å². The van der Waals surface area contributed by atoms with Gasteiger partial charge in [-0.05, 0) is 29.7 Å². The lowest BCUT2D eigenvalue weighted by molar-refractivity contribution is 0.0523. The Hall–Kier alpha value is -3.07. The maximum atomic E-state index is 12.1. The van der Waals surface area contributed by atoms with Gasteiger partial charge in [-0.2, -0.15) is 0 Å². The van der Waals surface area contributed by atoms with E-state index in [1.807, 2.05) is 66.7 Å². The molecule has 0 aliphatic heterocycles. The van der Waals surface area contributed by atoms with Gasteiger partial charge in [0.05, 0.1) is 6.61 Å². The first-order chi connectivity index (χ1) is 11.7. The van der Waals surface area contributed by atoms with Gasteiger partial charge < -0.3 is 9.84 Å². The summed E-state index contributed by atoms with van der Waals surface area (Å²) in [6.07, 6.45) is 0. The summed E-state index contributed by atoms with van der Waals surface area (Å²) in [7, 11) is 0. The lowest BCUT2D eigenvalue weighted by Crippen LogP contribution is -2.05. The molecule has 1 N–H and O–H groups in total. The van der Waals surface area contributed by atoms with Crippen molar-refractivity contribution < 1.29 is 14.6 Å². The van der Waals surface area contributed by atoms with Crippen LogP contribution < -0.4 is 0 Å². The molecule has 0 saturated heterocycles. The highest BCUT2D eigenvalue weighted by Crippen LogP contribution is 2.40. The molecule has 0 aliphatic rings. The molecule has 0 atom stereocenters. The SMILES string of the molecule is CCOC(=O)c1ccc(-c2ccccc2)c(-c2ccccc2)c1O. The van der Waals surface area contributed by atoms with Gasteiger partial charge in [0.1, 0.15) is 11.3 Å². The molecule has 3 nitrogen and oxygen atoms in total.